The summed E-state index contributed by atoms with van der Waals surface area (Å²) in [6, 6.07) is 19.4. The first kappa shape index (κ1) is 23.6. The van der Waals surface area contributed by atoms with Crippen LogP contribution in [0, 0.1) is 5.92 Å². The summed E-state index contributed by atoms with van der Waals surface area (Å²) >= 11 is 0. The molecule has 0 aromatic heterocycles. The topological polar surface area (TPSA) is 64.6 Å². The lowest BCUT2D eigenvalue weighted by molar-refractivity contribution is -0.148. The average Bonchev–Trinajstić information content (AvgIpc) is 3.20. The van der Waals surface area contributed by atoms with Crippen molar-refractivity contribution in [2.75, 3.05) is 0 Å². The first-order valence-corrected chi connectivity index (χ1v) is 11.2. The Morgan fingerprint density at radius 2 is 1.66 bits per heavy atom. The Morgan fingerprint density at radius 1 is 1.03 bits per heavy atom. The van der Waals surface area contributed by atoms with E-state index in [4.69, 9.17) is 9.47 Å². The number of nitrogens with one attached hydrogen (secondary N) is 1. The van der Waals surface area contributed by atoms with Crippen LogP contribution >= 0.6 is 0 Å². The monoisotopic (exact) mass is 435 g/mol. The van der Waals surface area contributed by atoms with Crippen LogP contribution in [0.25, 0.3) is 0 Å². The Balaban J connectivity index is 1.71. The minimum absolute atomic E-state index is 0.201. The molecular formula is C27H33NO4. The Morgan fingerprint density at radius 3 is 2.28 bits per heavy atom. The molecule has 170 valence electrons. The quantitative estimate of drug-likeness (QED) is 0.455. The maximum Gasteiger partial charge on any atom is 0.408 e. The van der Waals surface area contributed by atoms with E-state index in [1.807, 2.05) is 87.5 Å². The molecule has 2 aromatic rings. The summed E-state index contributed by atoms with van der Waals surface area (Å²) in [5.41, 5.74) is 2.52. The molecule has 2 atom stereocenters. The highest BCUT2D eigenvalue weighted by atomic mass is 16.6. The fraction of sp³-hybridized carbons (Fsp3) is 0.407. The fourth-order valence-corrected chi connectivity index (χ4v) is 3.90. The van der Waals surface area contributed by atoms with Gasteiger partial charge < -0.3 is 14.8 Å². The number of esters is 1. The van der Waals surface area contributed by atoms with E-state index in [9.17, 15) is 9.59 Å². The van der Waals surface area contributed by atoms with Crippen molar-refractivity contribution in [1.82, 2.24) is 5.32 Å². The number of amides is 1. The van der Waals surface area contributed by atoms with Gasteiger partial charge in [-0.05, 0) is 57.6 Å². The van der Waals surface area contributed by atoms with Crippen molar-refractivity contribution >= 4 is 12.1 Å². The molecule has 1 aliphatic carbocycles. The molecule has 5 heteroatoms. The molecule has 1 amide bonds. The number of carbonyl (C=O) groups is 2. The van der Waals surface area contributed by atoms with Crippen LogP contribution < -0.4 is 5.32 Å². The molecule has 0 unspecified atom stereocenters. The Bertz CT molecular complexity index is 916. The van der Waals surface area contributed by atoms with Crippen molar-refractivity contribution in [3.63, 3.8) is 0 Å². The van der Waals surface area contributed by atoms with Crippen molar-refractivity contribution < 1.29 is 19.1 Å². The average molecular weight is 436 g/mol. The summed E-state index contributed by atoms with van der Waals surface area (Å²) < 4.78 is 11.1. The van der Waals surface area contributed by atoms with Crippen LogP contribution in [0.15, 0.2) is 72.3 Å². The molecule has 0 saturated heterocycles. The Kier molecular flexibility index (Phi) is 8.09. The fourth-order valence-electron chi connectivity index (χ4n) is 3.90. The van der Waals surface area contributed by atoms with Crippen LogP contribution in [0.2, 0.25) is 0 Å². The van der Waals surface area contributed by atoms with E-state index in [1.54, 1.807) is 0 Å². The van der Waals surface area contributed by atoms with Gasteiger partial charge in [-0.15, -0.1) is 0 Å². The number of hydrogen-bond acceptors (Lipinski definition) is 4. The van der Waals surface area contributed by atoms with Gasteiger partial charge in [0.25, 0.3) is 0 Å². The number of hydrogen-bond donors (Lipinski definition) is 1. The van der Waals surface area contributed by atoms with Gasteiger partial charge in [0.2, 0.25) is 0 Å². The molecular weight excluding hydrogens is 402 g/mol. The van der Waals surface area contributed by atoms with Crippen molar-refractivity contribution in [1.29, 1.82) is 0 Å². The van der Waals surface area contributed by atoms with Crippen LogP contribution in [-0.2, 0) is 27.3 Å². The predicted molar refractivity (Wildman–Crippen MR) is 125 cm³/mol. The normalized spacial score (nSPS) is 18.2. The van der Waals surface area contributed by atoms with E-state index in [-0.39, 0.29) is 24.5 Å². The lowest BCUT2D eigenvalue weighted by Crippen LogP contribution is -2.39. The molecule has 0 aliphatic heterocycles. The van der Waals surface area contributed by atoms with Crippen molar-refractivity contribution in [3.05, 3.63) is 83.4 Å². The molecule has 1 fully saturated rings. The van der Waals surface area contributed by atoms with E-state index in [0.29, 0.717) is 6.42 Å². The summed E-state index contributed by atoms with van der Waals surface area (Å²) in [6.07, 6.45) is 4.71. The van der Waals surface area contributed by atoms with Gasteiger partial charge in [0.15, 0.2) is 0 Å². The third-order valence-electron chi connectivity index (χ3n) is 5.33. The molecule has 1 saturated carbocycles. The summed E-state index contributed by atoms with van der Waals surface area (Å²) in [7, 11) is 0. The van der Waals surface area contributed by atoms with Crippen molar-refractivity contribution in [3.8, 4) is 0 Å². The minimum atomic E-state index is -0.578. The predicted octanol–water partition coefficient (Wildman–Crippen LogP) is 5.59. The van der Waals surface area contributed by atoms with Crippen LogP contribution in [0.3, 0.4) is 0 Å². The minimum Gasteiger partial charge on any atom is -0.460 e. The second kappa shape index (κ2) is 11.0. The zero-order valence-corrected chi connectivity index (χ0v) is 19.2. The van der Waals surface area contributed by atoms with E-state index in [2.05, 4.69) is 5.32 Å². The number of rotatable bonds is 7. The third-order valence-corrected chi connectivity index (χ3v) is 5.33. The maximum atomic E-state index is 12.8. The van der Waals surface area contributed by atoms with E-state index >= 15 is 0 Å². The SMILES string of the molecule is CC(C)(C)OC(=O)N[C@H](/C=C1\CCC[C@H]1C(=O)OCc1ccccc1)Cc1ccccc1. The summed E-state index contributed by atoms with van der Waals surface area (Å²) in [5.74, 6) is -0.467. The molecule has 5 nitrogen and oxygen atoms in total. The summed E-state index contributed by atoms with van der Waals surface area (Å²) in [4.78, 5) is 25.3. The first-order chi connectivity index (χ1) is 15.3. The van der Waals surface area contributed by atoms with Gasteiger partial charge in [-0.1, -0.05) is 72.3 Å². The Hall–Kier alpha value is -3.08. The first-order valence-electron chi connectivity index (χ1n) is 11.2. The molecule has 1 N–H and O–H groups in total. The van der Waals surface area contributed by atoms with E-state index < -0.39 is 11.7 Å². The molecule has 0 heterocycles. The number of carbonyl (C=O) groups excluding carboxylic acids is 2. The third kappa shape index (κ3) is 7.56. The molecule has 0 radical (unpaired) electrons. The van der Waals surface area contributed by atoms with Gasteiger partial charge >= 0.3 is 12.1 Å². The molecule has 32 heavy (non-hydrogen) atoms. The highest BCUT2D eigenvalue weighted by molar-refractivity contribution is 5.76. The Labute approximate surface area is 190 Å². The zero-order chi connectivity index (χ0) is 23.0. The standard InChI is InChI=1S/C27H33NO4/c1-27(2,3)32-26(30)28-23(17-20-11-6-4-7-12-20)18-22-15-10-16-24(22)25(29)31-19-21-13-8-5-9-14-21/h4-9,11-14,18,23-24H,10,15-17,19H2,1-3H3,(H,28,30)/b22-18+/t23-,24+/m0/s1. The lowest BCUT2D eigenvalue weighted by atomic mass is 9.97. The van der Waals surface area contributed by atoms with Crippen LogP contribution in [0.1, 0.15) is 51.2 Å². The van der Waals surface area contributed by atoms with Gasteiger partial charge in [0.1, 0.15) is 12.2 Å². The van der Waals surface area contributed by atoms with Crippen LogP contribution in [0.5, 0.6) is 0 Å². The van der Waals surface area contributed by atoms with E-state index in [1.165, 1.54) is 0 Å². The molecule has 0 bridgehead atoms. The smallest absolute Gasteiger partial charge is 0.408 e. The van der Waals surface area contributed by atoms with Gasteiger partial charge in [0, 0.05) is 0 Å². The highest BCUT2D eigenvalue weighted by Crippen LogP contribution is 2.33. The van der Waals surface area contributed by atoms with Crippen LogP contribution in [0.4, 0.5) is 4.79 Å². The highest BCUT2D eigenvalue weighted by Gasteiger charge is 2.30. The molecule has 2 aromatic carbocycles. The van der Waals surface area contributed by atoms with E-state index in [0.717, 1.165) is 36.0 Å². The van der Waals surface area contributed by atoms with Crippen LogP contribution in [-0.4, -0.2) is 23.7 Å². The van der Waals surface area contributed by atoms with Gasteiger partial charge in [0.05, 0.1) is 12.0 Å². The van der Waals surface area contributed by atoms with Gasteiger partial charge in [-0.2, -0.15) is 0 Å². The second-order valence-electron chi connectivity index (χ2n) is 9.22. The summed E-state index contributed by atoms with van der Waals surface area (Å²) in [5, 5.41) is 2.98. The second-order valence-corrected chi connectivity index (χ2v) is 9.22. The zero-order valence-electron chi connectivity index (χ0n) is 19.2. The maximum absolute atomic E-state index is 12.8. The van der Waals surface area contributed by atoms with Crippen molar-refractivity contribution in [2.24, 2.45) is 5.92 Å². The van der Waals surface area contributed by atoms with Gasteiger partial charge in [-0.3, -0.25) is 4.79 Å². The van der Waals surface area contributed by atoms with Crippen molar-refractivity contribution in [2.45, 2.75) is 64.7 Å². The molecule has 0 spiro atoms. The van der Waals surface area contributed by atoms with Gasteiger partial charge in [-0.25, -0.2) is 4.79 Å². The number of alkyl carbamates (subject to hydrolysis) is 1. The number of ether oxygens (including phenoxy) is 2. The molecule has 1 aliphatic rings. The molecule has 3 rings (SSSR count). The lowest BCUT2D eigenvalue weighted by Gasteiger charge is -2.23. The number of benzene rings is 2. The summed E-state index contributed by atoms with van der Waals surface area (Å²) in [6.45, 7) is 5.79. The largest absolute Gasteiger partial charge is 0.460 e.